The van der Waals surface area contributed by atoms with E-state index in [0.717, 1.165) is 12.2 Å². The standard InChI is InChI=1S/C15H20N4O/c1-18-7-4-5-13(18)11-16-10-12-9-15(20)19-8-3-2-6-14(19)17-12/h2-3,6,8-9,13,16H,4-5,7,10-11H2,1H3. The molecule has 0 amide bonds. The average molecular weight is 272 g/mol. The smallest absolute Gasteiger partial charge is 0.258 e. The van der Waals surface area contributed by atoms with E-state index in [9.17, 15) is 4.79 Å². The van der Waals surface area contributed by atoms with Gasteiger partial charge in [-0.1, -0.05) is 6.07 Å². The Balaban J connectivity index is 1.67. The van der Waals surface area contributed by atoms with E-state index in [0.29, 0.717) is 18.2 Å². The van der Waals surface area contributed by atoms with Gasteiger partial charge in [0.25, 0.3) is 5.56 Å². The van der Waals surface area contributed by atoms with Gasteiger partial charge in [0.15, 0.2) is 0 Å². The van der Waals surface area contributed by atoms with Crippen LogP contribution < -0.4 is 10.9 Å². The summed E-state index contributed by atoms with van der Waals surface area (Å²) in [5.74, 6) is 0. The molecule has 1 aliphatic rings. The molecule has 1 aliphatic heterocycles. The Kier molecular flexibility index (Phi) is 3.80. The van der Waals surface area contributed by atoms with Gasteiger partial charge in [-0.05, 0) is 38.6 Å². The van der Waals surface area contributed by atoms with Crippen molar-refractivity contribution < 1.29 is 0 Å². The lowest BCUT2D eigenvalue weighted by Crippen LogP contribution is -2.35. The van der Waals surface area contributed by atoms with Crippen molar-refractivity contribution in [2.24, 2.45) is 0 Å². The first-order chi connectivity index (χ1) is 9.74. The fourth-order valence-corrected chi connectivity index (χ4v) is 2.80. The molecule has 0 radical (unpaired) electrons. The maximum Gasteiger partial charge on any atom is 0.258 e. The summed E-state index contributed by atoms with van der Waals surface area (Å²) in [5, 5.41) is 3.41. The molecule has 3 heterocycles. The highest BCUT2D eigenvalue weighted by Crippen LogP contribution is 2.13. The van der Waals surface area contributed by atoms with Crippen LogP contribution in [0, 0.1) is 0 Å². The van der Waals surface area contributed by atoms with Crippen LogP contribution in [0.4, 0.5) is 0 Å². The molecule has 106 valence electrons. The van der Waals surface area contributed by atoms with Crippen molar-refractivity contribution in [3.05, 3.63) is 46.5 Å². The minimum Gasteiger partial charge on any atom is -0.310 e. The summed E-state index contributed by atoms with van der Waals surface area (Å²) in [6.07, 6.45) is 4.27. The van der Waals surface area contributed by atoms with Crippen LogP contribution in [-0.2, 0) is 6.54 Å². The summed E-state index contributed by atoms with van der Waals surface area (Å²) >= 11 is 0. The summed E-state index contributed by atoms with van der Waals surface area (Å²) in [4.78, 5) is 18.8. The number of pyridine rings is 1. The van der Waals surface area contributed by atoms with Gasteiger partial charge in [0.1, 0.15) is 5.65 Å². The molecule has 1 N–H and O–H groups in total. The summed E-state index contributed by atoms with van der Waals surface area (Å²) in [7, 11) is 2.17. The van der Waals surface area contributed by atoms with E-state index < -0.39 is 0 Å². The van der Waals surface area contributed by atoms with Crippen LogP contribution in [0.15, 0.2) is 35.3 Å². The maximum absolute atomic E-state index is 12.0. The van der Waals surface area contributed by atoms with E-state index in [2.05, 4.69) is 22.2 Å². The van der Waals surface area contributed by atoms with E-state index in [-0.39, 0.29) is 5.56 Å². The van der Waals surface area contributed by atoms with Gasteiger partial charge in [-0.3, -0.25) is 9.20 Å². The second kappa shape index (κ2) is 5.73. The van der Waals surface area contributed by atoms with Gasteiger partial charge in [0.2, 0.25) is 0 Å². The lowest BCUT2D eigenvalue weighted by molar-refractivity contribution is 0.300. The molecule has 2 aromatic rings. The van der Waals surface area contributed by atoms with Crippen LogP contribution in [-0.4, -0.2) is 40.5 Å². The quantitative estimate of drug-likeness (QED) is 0.897. The first-order valence-corrected chi connectivity index (χ1v) is 7.12. The largest absolute Gasteiger partial charge is 0.310 e. The van der Waals surface area contributed by atoms with Gasteiger partial charge >= 0.3 is 0 Å². The molecule has 1 saturated heterocycles. The highest BCUT2D eigenvalue weighted by molar-refractivity contribution is 5.37. The minimum absolute atomic E-state index is 0.0228. The number of likely N-dealkylation sites (N-methyl/N-ethyl adjacent to an activating group) is 1. The number of fused-ring (bicyclic) bond motifs is 1. The molecular weight excluding hydrogens is 252 g/mol. The monoisotopic (exact) mass is 272 g/mol. The number of hydrogen-bond donors (Lipinski definition) is 1. The molecular formula is C15H20N4O. The Labute approximate surface area is 118 Å². The SMILES string of the molecule is CN1CCCC1CNCc1cc(=O)n2ccccc2n1. The molecule has 1 fully saturated rings. The number of nitrogens with one attached hydrogen (secondary N) is 1. The Morgan fingerprint density at radius 1 is 1.45 bits per heavy atom. The lowest BCUT2D eigenvalue weighted by Gasteiger charge is -2.19. The highest BCUT2D eigenvalue weighted by Gasteiger charge is 2.19. The first kappa shape index (κ1) is 13.3. The zero-order valence-corrected chi connectivity index (χ0v) is 11.7. The van der Waals surface area contributed by atoms with Crippen LogP contribution in [0.3, 0.4) is 0 Å². The lowest BCUT2D eigenvalue weighted by atomic mass is 10.2. The third-order valence-electron chi connectivity index (χ3n) is 3.98. The summed E-state index contributed by atoms with van der Waals surface area (Å²) < 4.78 is 1.56. The average Bonchev–Trinajstić information content (AvgIpc) is 2.85. The van der Waals surface area contributed by atoms with Crippen molar-refractivity contribution in [2.45, 2.75) is 25.4 Å². The van der Waals surface area contributed by atoms with Crippen LogP contribution in [0.5, 0.6) is 0 Å². The van der Waals surface area contributed by atoms with Gasteiger partial charge in [-0.25, -0.2) is 4.98 Å². The fraction of sp³-hybridized carbons (Fsp3) is 0.467. The number of rotatable bonds is 4. The van der Waals surface area contributed by atoms with E-state index >= 15 is 0 Å². The van der Waals surface area contributed by atoms with Crippen molar-refractivity contribution >= 4 is 5.65 Å². The van der Waals surface area contributed by atoms with Gasteiger partial charge in [0.05, 0.1) is 5.69 Å². The zero-order chi connectivity index (χ0) is 13.9. The molecule has 0 saturated carbocycles. The molecule has 1 unspecified atom stereocenters. The van der Waals surface area contributed by atoms with Crippen LogP contribution in [0.1, 0.15) is 18.5 Å². The molecule has 2 aromatic heterocycles. The number of likely N-dealkylation sites (tertiary alicyclic amines) is 1. The van der Waals surface area contributed by atoms with Crippen molar-refractivity contribution in [3.8, 4) is 0 Å². The van der Waals surface area contributed by atoms with Crippen molar-refractivity contribution in [3.63, 3.8) is 0 Å². The Hall–Kier alpha value is -1.72. The van der Waals surface area contributed by atoms with Gasteiger partial charge in [-0.15, -0.1) is 0 Å². The normalized spacial score (nSPS) is 19.8. The number of hydrogen-bond acceptors (Lipinski definition) is 4. The van der Waals surface area contributed by atoms with E-state index in [1.165, 1.54) is 19.4 Å². The second-order valence-electron chi connectivity index (χ2n) is 5.42. The summed E-state index contributed by atoms with van der Waals surface area (Å²) in [5.41, 5.74) is 1.49. The molecule has 3 rings (SSSR count). The van der Waals surface area contributed by atoms with E-state index in [1.54, 1.807) is 16.7 Å². The Morgan fingerprint density at radius 2 is 2.35 bits per heavy atom. The topological polar surface area (TPSA) is 49.6 Å². The predicted molar refractivity (Wildman–Crippen MR) is 78.8 cm³/mol. The molecule has 0 aliphatic carbocycles. The van der Waals surface area contributed by atoms with E-state index in [4.69, 9.17) is 0 Å². The molecule has 20 heavy (non-hydrogen) atoms. The molecule has 1 atom stereocenters. The van der Waals surface area contributed by atoms with Crippen LogP contribution in [0.25, 0.3) is 5.65 Å². The summed E-state index contributed by atoms with van der Waals surface area (Å²) in [6.45, 7) is 2.78. The van der Waals surface area contributed by atoms with Crippen molar-refractivity contribution in [2.75, 3.05) is 20.1 Å². The van der Waals surface area contributed by atoms with Crippen molar-refractivity contribution in [1.82, 2.24) is 19.6 Å². The maximum atomic E-state index is 12.0. The number of aromatic nitrogens is 2. The predicted octanol–water partition coefficient (Wildman–Crippen LogP) is 0.878. The third kappa shape index (κ3) is 2.73. The van der Waals surface area contributed by atoms with E-state index in [1.807, 2.05) is 18.2 Å². The van der Waals surface area contributed by atoms with Crippen LogP contribution in [0.2, 0.25) is 0 Å². The molecule has 0 bridgehead atoms. The Morgan fingerprint density at radius 3 is 3.15 bits per heavy atom. The second-order valence-corrected chi connectivity index (χ2v) is 5.42. The van der Waals surface area contributed by atoms with Crippen LogP contribution >= 0.6 is 0 Å². The number of nitrogens with zero attached hydrogens (tertiary/aromatic N) is 3. The van der Waals surface area contributed by atoms with Gasteiger partial charge < -0.3 is 10.2 Å². The fourth-order valence-electron chi connectivity index (χ4n) is 2.80. The molecule has 0 spiro atoms. The minimum atomic E-state index is -0.0228. The van der Waals surface area contributed by atoms with Gasteiger partial charge in [0, 0.05) is 31.4 Å². The first-order valence-electron chi connectivity index (χ1n) is 7.12. The van der Waals surface area contributed by atoms with Gasteiger partial charge in [-0.2, -0.15) is 0 Å². The molecule has 0 aromatic carbocycles. The summed E-state index contributed by atoms with van der Waals surface area (Å²) in [6, 6.07) is 7.81. The third-order valence-corrected chi connectivity index (χ3v) is 3.98. The van der Waals surface area contributed by atoms with Crippen molar-refractivity contribution in [1.29, 1.82) is 0 Å². The zero-order valence-electron chi connectivity index (χ0n) is 11.7. The Bertz CT molecular complexity index is 652. The molecule has 5 nitrogen and oxygen atoms in total. The molecule has 5 heteroatoms. The highest BCUT2D eigenvalue weighted by atomic mass is 16.1.